The van der Waals surface area contributed by atoms with E-state index in [1.807, 2.05) is 28.7 Å². The van der Waals surface area contributed by atoms with E-state index in [2.05, 4.69) is 15.9 Å². The van der Waals surface area contributed by atoms with Crippen LogP contribution in [0.25, 0.3) is 0 Å². The van der Waals surface area contributed by atoms with Gasteiger partial charge in [0.25, 0.3) is 0 Å². The summed E-state index contributed by atoms with van der Waals surface area (Å²) in [6, 6.07) is 2.01. The Labute approximate surface area is 114 Å². The highest BCUT2D eigenvalue weighted by atomic mass is 79.9. The topological polar surface area (TPSA) is 29.5 Å². The fourth-order valence-corrected chi connectivity index (χ4v) is 3.04. The van der Waals surface area contributed by atoms with Crippen LogP contribution in [0, 0.1) is 0 Å². The maximum absolute atomic E-state index is 12.1. The first kappa shape index (κ1) is 13.1. The second-order valence-electron chi connectivity index (χ2n) is 4.33. The quantitative estimate of drug-likeness (QED) is 0.801. The lowest BCUT2D eigenvalue weighted by atomic mass is 10.2. The molecular formula is C12H16BrNO2S. The zero-order valence-corrected chi connectivity index (χ0v) is 12.2. The third-order valence-corrected chi connectivity index (χ3v) is 4.24. The molecule has 94 valence electrons. The molecule has 1 aromatic heterocycles. The summed E-state index contributed by atoms with van der Waals surface area (Å²) in [5.74, 6) is 0.199. The molecular weight excluding hydrogens is 302 g/mol. The van der Waals surface area contributed by atoms with E-state index in [9.17, 15) is 4.79 Å². The monoisotopic (exact) mass is 317 g/mol. The Kier molecular flexibility index (Phi) is 4.59. The molecule has 0 radical (unpaired) electrons. The predicted molar refractivity (Wildman–Crippen MR) is 72.7 cm³/mol. The van der Waals surface area contributed by atoms with Crippen LogP contribution in [0.2, 0.25) is 0 Å². The number of nitrogens with zero attached hydrogens (tertiary/aromatic N) is 1. The van der Waals surface area contributed by atoms with Crippen molar-refractivity contribution in [2.24, 2.45) is 0 Å². The lowest BCUT2D eigenvalue weighted by Crippen LogP contribution is -2.50. The minimum atomic E-state index is 0.116. The zero-order chi connectivity index (χ0) is 12.3. The van der Waals surface area contributed by atoms with Crippen molar-refractivity contribution in [1.29, 1.82) is 0 Å². The molecule has 0 spiro atoms. The van der Waals surface area contributed by atoms with Crippen molar-refractivity contribution in [3.05, 3.63) is 22.4 Å². The minimum Gasteiger partial charge on any atom is -0.371 e. The second kappa shape index (κ2) is 5.98. The molecule has 2 atom stereocenters. The summed E-state index contributed by atoms with van der Waals surface area (Å²) >= 11 is 5.05. The van der Waals surface area contributed by atoms with Crippen LogP contribution < -0.4 is 0 Å². The van der Waals surface area contributed by atoms with Gasteiger partial charge in [0.1, 0.15) is 0 Å². The van der Waals surface area contributed by atoms with Gasteiger partial charge in [-0.1, -0.05) is 15.9 Å². The van der Waals surface area contributed by atoms with Gasteiger partial charge in [0.05, 0.1) is 18.6 Å². The van der Waals surface area contributed by atoms with Gasteiger partial charge in [-0.3, -0.25) is 4.79 Å². The lowest BCUT2D eigenvalue weighted by molar-refractivity contribution is -0.142. The van der Waals surface area contributed by atoms with Crippen molar-refractivity contribution in [3.63, 3.8) is 0 Å². The SMILES string of the molecule is CC1CN(C(=O)Cc2ccsc2)CC(CBr)O1. The number of rotatable bonds is 3. The van der Waals surface area contributed by atoms with Crippen LogP contribution in [0.4, 0.5) is 0 Å². The Morgan fingerprint density at radius 2 is 2.47 bits per heavy atom. The number of hydrogen-bond donors (Lipinski definition) is 0. The molecule has 1 aromatic rings. The van der Waals surface area contributed by atoms with Gasteiger partial charge in [0, 0.05) is 18.4 Å². The van der Waals surface area contributed by atoms with Gasteiger partial charge in [-0.15, -0.1) is 0 Å². The van der Waals surface area contributed by atoms with Gasteiger partial charge in [-0.25, -0.2) is 0 Å². The van der Waals surface area contributed by atoms with Gasteiger partial charge < -0.3 is 9.64 Å². The molecule has 0 saturated carbocycles. The number of carbonyl (C=O) groups is 1. The molecule has 0 aliphatic carbocycles. The largest absolute Gasteiger partial charge is 0.371 e. The third kappa shape index (κ3) is 3.53. The number of morpholine rings is 1. The summed E-state index contributed by atoms with van der Waals surface area (Å²) in [6.45, 7) is 3.41. The molecule has 1 amide bonds. The van der Waals surface area contributed by atoms with E-state index >= 15 is 0 Å². The molecule has 2 heterocycles. The first-order valence-electron chi connectivity index (χ1n) is 5.69. The molecule has 0 N–H and O–H groups in total. The summed E-state index contributed by atoms with van der Waals surface area (Å²) in [5.41, 5.74) is 1.11. The van der Waals surface area contributed by atoms with Gasteiger partial charge in [0.2, 0.25) is 5.91 Å². The van der Waals surface area contributed by atoms with Crippen LogP contribution in [0.5, 0.6) is 0 Å². The normalized spacial score (nSPS) is 24.9. The number of thiophene rings is 1. The maximum atomic E-state index is 12.1. The summed E-state index contributed by atoms with van der Waals surface area (Å²) in [5, 5.41) is 4.81. The number of hydrogen-bond acceptors (Lipinski definition) is 3. The summed E-state index contributed by atoms with van der Waals surface area (Å²) in [7, 11) is 0. The molecule has 1 fully saturated rings. The van der Waals surface area contributed by atoms with Crippen molar-refractivity contribution in [1.82, 2.24) is 4.90 Å². The van der Waals surface area contributed by atoms with Crippen LogP contribution in [0.1, 0.15) is 12.5 Å². The summed E-state index contributed by atoms with van der Waals surface area (Å²) < 4.78 is 5.71. The maximum Gasteiger partial charge on any atom is 0.227 e. The van der Waals surface area contributed by atoms with E-state index in [-0.39, 0.29) is 18.1 Å². The summed E-state index contributed by atoms with van der Waals surface area (Å²) in [6.07, 6.45) is 0.744. The van der Waals surface area contributed by atoms with Crippen LogP contribution in [-0.2, 0) is 16.0 Å². The molecule has 0 aromatic carbocycles. The average molecular weight is 318 g/mol. The lowest BCUT2D eigenvalue weighted by Gasteiger charge is -2.36. The summed E-state index contributed by atoms with van der Waals surface area (Å²) in [4.78, 5) is 14.0. The van der Waals surface area contributed by atoms with Gasteiger partial charge in [-0.05, 0) is 29.3 Å². The fraction of sp³-hybridized carbons (Fsp3) is 0.583. The smallest absolute Gasteiger partial charge is 0.227 e. The minimum absolute atomic E-state index is 0.116. The molecule has 17 heavy (non-hydrogen) atoms. The van der Waals surface area contributed by atoms with E-state index in [4.69, 9.17) is 4.74 Å². The highest BCUT2D eigenvalue weighted by molar-refractivity contribution is 9.09. The number of amides is 1. The van der Waals surface area contributed by atoms with E-state index in [1.54, 1.807) is 11.3 Å². The van der Waals surface area contributed by atoms with E-state index in [0.29, 0.717) is 19.5 Å². The van der Waals surface area contributed by atoms with Gasteiger partial charge >= 0.3 is 0 Å². The molecule has 2 rings (SSSR count). The Hall–Kier alpha value is -0.390. The number of alkyl halides is 1. The van der Waals surface area contributed by atoms with Crippen molar-refractivity contribution in [2.45, 2.75) is 25.6 Å². The fourth-order valence-electron chi connectivity index (χ4n) is 2.01. The first-order chi connectivity index (χ1) is 8.19. The third-order valence-electron chi connectivity index (χ3n) is 2.79. The highest BCUT2D eigenvalue weighted by Crippen LogP contribution is 2.15. The molecule has 1 saturated heterocycles. The Morgan fingerprint density at radius 3 is 3.12 bits per heavy atom. The van der Waals surface area contributed by atoms with E-state index in [1.165, 1.54) is 0 Å². The van der Waals surface area contributed by atoms with Gasteiger partial charge in [-0.2, -0.15) is 11.3 Å². The molecule has 5 heteroatoms. The van der Waals surface area contributed by atoms with Crippen molar-refractivity contribution < 1.29 is 9.53 Å². The van der Waals surface area contributed by atoms with Crippen LogP contribution in [0.15, 0.2) is 16.8 Å². The number of halogens is 1. The number of carbonyl (C=O) groups excluding carboxylic acids is 1. The van der Waals surface area contributed by atoms with Crippen LogP contribution in [0.3, 0.4) is 0 Å². The zero-order valence-electron chi connectivity index (χ0n) is 9.77. The molecule has 1 aliphatic rings. The van der Waals surface area contributed by atoms with Crippen molar-refractivity contribution in [2.75, 3.05) is 18.4 Å². The Balaban J connectivity index is 1.94. The van der Waals surface area contributed by atoms with E-state index < -0.39 is 0 Å². The molecule has 2 unspecified atom stereocenters. The van der Waals surface area contributed by atoms with Gasteiger partial charge in [0.15, 0.2) is 0 Å². The van der Waals surface area contributed by atoms with Crippen LogP contribution in [-0.4, -0.2) is 41.4 Å². The Morgan fingerprint density at radius 1 is 1.65 bits per heavy atom. The van der Waals surface area contributed by atoms with Crippen molar-refractivity contribution in [3.8, 4) is 0 Å². The molecule has 3 nitrogen and oxygen atoms in total. The average Bonchev–Trinajstić information content (AvgIpc) is 2.81. The number of ether oxygens (including phenoxy) is 1. The van der Waals surface area contributed by atoms with Crippen LogP contribution >= 0.6 is 27.3 Å². The molecule has 1 aliphatic heterocycles. The van der Waals surface area contributed by atoms with E-state index in [0.717, 1.165) is 10.9 Å². The highest BCUT2D eigenvalue weighted by Gasteiger charge is 2.27. The first-order valence-corrected chi connectivity index (χ1v) is 7.75. The van der Waals surface area contributed by atoms with Crippen molar-refractivity contribution >= 4 is 33.2 Å². The molecule has 0 bridgehead atoms. The second-order valence-corrected chi connectivity index (χ2v) is 5.76. The predicted octanol–water partition coefficient (Wildman–Crippen LogP) is 2.30. The standard InChI is InChI=1S/C12H16BrNO2S/c1-9-6-14(7-11(5-13)16-9)12(15)4-10-2-3-17-8-10/h2-3,8-9,11H,4-7H2,1H3. The Bertz CT molecular complexity index is 369.